The Bertz CT molecular complexity index is 473. The number of carbonyl (C=O) groups is 1. The van der Waals surface area contributed by atoms with Crippen LogP contribution in [0.25, 0.3) is 0 Å². The van der Waals surface area contributed by atoms with Gasteiger partial charge in [0, 0.05) is 19.1 Å². The van der Waals surface area contributed by atoms with Crippen molar-refractivity contribution in [3.63, 3.8) is 0 Å². The molecule has 122 valence electrons. The highest BCUT2D eigenvalue weighted by Gasteiger charge is 2.27. The summed E-state index contributed by atoms with van der Waals surface area (Å²) in [6, 6.07) is 8.78. The van der Waals surface area contributed by atoms with Gasteiger partial charge in [0.05, 0.1) is 5.92 Å². The smallest absolute Gasteiger partial charge is 0.226 e. The number of piperidine rings is 1. The van der Waals surface area contributed by atoms with Crippen LogP contribution in [0.1, 0.15) is 44.2 Å². The molecule has 1 aromatic carbocycles. The zero-order chi connectivity index (χ0) is 16.1. The summed E-state index contributed by atoms with van der Waals surface area (Å²) in [4.78, 5) is 14.3. The van der Waals surface area contributed by atoms with Gasteiger partial charge in [-0.1, -0.05) is 36.8 Å². The lowest BCUT2D eigenvalue weighted by Gasteiger charge is -2.34. The lowest BCUT2D eigenvalue weighted by molar-refractivity contribution is -0.136. The summed E-state index contributed by atoms with van der Waals surface area (Å²) < 4.78 is 0. The number of carbonyl (C=O) groups excluding carboxylic acids is 1. The Morgan fingerprint density at radius 3 is 2.36 bits per heavy atom. The highest BCUT2D eigenvalue weighted by Crippen LogP contribution is 2.24. The van der Waals surface area contributed by atoms with Crippen molar-refractivity contribution in [1.29, 1.82) is 0 Å². The van der Waals surface area contributed by atoms with Crippen LogP contribution in [0.15, 0.2) is 24.3 Å². The Balaban J connectivity index is 1.75. The summed E-state index contributed by atoms with van der Waals surface area (Å²) in [5, 5.41) is 0. The number of amides is 1. The van der Waals surface area contributed by atoms with Crippen LogP contribution in [0.4, 0.5) is 0 Å². The molecule has 2 rings (SSSR count). The Hall–Kier alpha value is -1.35. The molecule has 0 spiro atoms. The van der Waals surface area contributed by atoms with Crippen LogP contribution in [0.3, 0.4) is 0 Å². The second-order valence-corrected chi connectivity index (χ2v) is 6.94. The van der Waals surface area contributed by atoms with Gasteiger partial charge in [0.1, 0.15) is 0 Å². The molecule has 0 aliphatic carbocycles. The Kier molecular flexibility index (Phi) is 6.01. The lowest BCUT2D eigenvalue weighted by atomic mass is 9.89. The summed E-state index contributed by atoms with van der Waals surface area (Å²) in [5.41, 5.74) is 8.59. The number of likely N-dealkylation sites (tertiary alicyclic amines) is 1. The number of nitrogens with zero attached hydrogens (tertiary/aromatic N) is 1. The average Bonchev–Trinajstić information content (AvgIpc) is 2.53. The van der Waals surface area contributed by atoms with Crippen molar-refractivity contribution in [2.24, 2.45) is 17.6 Å². The molecule has 1 aromatic rings. The van der Waals surface area contributed by atoms with E-state index >= 15 is 0 Å². The minimum atomic E-state index is -0.0656. The topological polar surface area (TPSA) is 46.3 Å². The first-order chi connectivity index (χ1) is 10.5. The monoisotopic (exact) mass is 302 g/mol. The van der Waals surface area contributed by atoms with Crippen LogP contribution < -0.4 is 5.73 Å². The van der Waals surface area contributed by atoms with E-state index in [1.807, 2.05) is 18.7 Å². The van der Waals surface area contributed by atoms with E-state index in [9.17, 15) is 4.79 Å². The first-order valence-electron chi connectivity index (χ1n) is 8.57. The fourth-order valence-corrected chi connectivity index (χ4v) is 3.08. The van der Waals surface area contributed by atoms with E-state index in [1.165, 1.54) is 17.5 Å². The second-order valence-electron chi connectivity index (χ2n) is 6.94. The van der Waals surface area contributed by atoms with E-state index in [2.05, 4.69) is 31.2 Å². The van der Waals surface area contributed by atoms with Gasteiger partial charge in [-0.2, -0.15) is 0 Å². The molecule has 1 saturated heterocycles. The van der Waals surface area contributed by atoms with Crippen LogP contribution in [0.2, 0.25) is 0 Å². The molecule has 0 radical (unpaired) electrons. The Morgan fingerprint density at radius 1 is 1.23 bits per heavy atom. The van der Waals surface area contributed by atoms with E-state index in [0.717, 1.165) is 38.3 Å². The maximum Gasteiger partial charge on any atom is 0.226 e. The fourth-order valence-electron chi connectivity index (χ4n) is 3.08. The van der Waals surface area contributed by atoms with Gasteiger partial charge < -0.3 is 10.6 Å². The van der Waals surface area contributed by atoms with Crippen LogP contribution in [0.5, 0.6) is 0 Å². The van der Waals surface area contributed by atoms with Crippen molar-refractivity contribution >= 4 is 5.91 Å². The number of aryl methyl sites for hydroxylation is 2. The quantitative estimate of drug-likeness (QED) is 0.908. The average molecular weight is 302 g/mol. The van der Waals surface area contributed by atoms with Crippen LogP contribution in [-0.4, -0.2) is 29.9 Å². The van der Waals surface area contributed by atoms with Crippen molar-refractivity contribution in [1.82, 2.24) is 4.90 Å². The Morgan fingerprint density at radius 2 is 1.82 bits per heavy atom. The molecule has 1 aliphatic heterocycles. The predicted octanol–water partition coefficient (Wildman–Crippen LogP) is 3.15. The molecule has 0 bridgehead atoms. The van der Waals surface area contributed by atoms with Gasteiger partial charge in [-0.15, -0.1) is 0 Å². The van der Waals surface area contributed by atoms with E-state index < -0.39 is 0 Å². The van der Waals surface area contributed by atoms with Gasteiger partial charge in [-0.3, -0.25) is 4.79 Å². The summed E-state index contributed by atoms with van der Waals surface area (Å²) in [6.07, 6.45) is 4.63. The first kappa shape index (κ1) is 17.0. The van der Waals surface area contributed by atoms with Gasteiger partial charge in [0.2, 0.25) is 5.91 Å². The molecular formula is C19H30N2O. The van der Waals surface area contributed by atoms with Gasteiger partial charge in [-0.25, -0.2) is 0 Å². The number of nitrogens with two attached hydrogens (primary N) is 1. The highest BCUT2D eigenvalue weighted by atomic mass is 16.2. The molecule has 3 nitrogen and oxygen atoms in total. The molecule has 0 saturated carbocycles. The molecule has 1 fully saturated rings. The molecule has 1 heterocycles. The predicted molar refractivity (Wildman–Crippen MR) is 91.6 cm³/mol. The largest absolute Gasteiger partial charge is 0.342 e. The summed E-state index contributed by atoms with van der Waals surface area (Å²) in [5.74, 6) is 0.909. The number of hydrogen-bond acceptors (Lipinski definition) is 2. The second kappa shape index (κ2) is 7.77. The fraction of sp³-hybridized carbons (Fsp3) is 0.632. The summed E-state index contributed by atoms with van der Waals surface area (Å²) >= 11 is 0. The number of rotatable bonds is 5. The summed E-state index contributed by atoms with van der Waals surface area (Å²) in [7, 11) is 0. The van der Waals surface area contributed by atoms with Gasteiger partial charge in [0.15, 0.2) is 0 Å². The Labute approximate surface area is 134 Å². The molecule has 22 heavy (non-hydrogen) atoms. The maximum absolute atomic E-state index is 12.3. The van der Waals surface area contributed by atoms with Gasteiger partial charge in [0.25, 0.3) is 0 Å². The van der Waals surface area contributed by atoms with Crippen LogP contribution in [-0.2, 0) is 11.2 Å². The summed E-state index contributed by atoms with van der Waals surface area (Å²) in [6.45, 7) is 7.77. The highest BCUT2D eigenvalue weighted by molar-refractivity contribution is 5.79. The van der Waals surface area contributed by atoms with Gasteiger partial charge >= 0.3 is 0 Å². The minimum absolute atomic E-state index is 0.0632. The molecule has 2 N–H and O–H groups in total. The van der Waals surface area contributed by atoms with Crippen molar-refractivity contribution in [2.45, 2.75) is 52.5 Å². The molecule has 0 aromatic heterocycles. The zero-order valence-corrected chi connectivity index (χ0v) is 14.2. The normalized spacial score (nSPS) is 19.0. The van der Waals surface area contributed by atoms with Crippen molar-refractivity contribution in [3.8, 4) is 0 Å². The van der Waals surface area contributed by atoms with Crippen LogP contribution in [0, 0.1) is 18.8 Å². The minimum Gasteiger partial charge on any atom is -0.342 e. The lowest BCUT2D eigenvalue weighted by Crippen LogP contribution is -2.45. The van der Waals surface area contributed by atoms with Gasteiger partial charge in [-0.05, 0) is 51.0 Å². The molecule has 1 amide bonds. The van der Waals surface area contributed by atoms with E-state index in [4.69, 9.17) is 5.73 Å². The number of hydrogen-bond donors (Lipinski definition) is 1. The van der Waals surface area contributed by atoms with E-state index in [1.54, 1.807) is 0 Å². The molecule has 1 aliphatic rings. The zero-order valence-electron chi connectivity index (χ0n) is 14.2. The van der Waals surface area contributed by atoms with Crippen molar-refractivity contribution in [3.05, 3.63) is 35.4 Å². The van der Waals surface area contributed by atoms with Crippen LogP contribution >= 0.6 is 0 Å². The van der Waals surface area contributed by atoms with E-state index in [0.29, 0.717) is 0 Å². The third-order valence-electron chi connectivity index (χ3n) is 5.07. The third-order valence-corrected chi connectivity index (χ3v) is 5.07. The molecule has 2 unspecified atom stereocenters. The third kappa shape index (κ3) is 4.57. The van der Waals surface area contributed by atoms with Crippen molar-refractivity contribution in [2.75, 3.05) is 13.1 Å². The molecule has 3 heteroatoms. The number of benzene rings is 1. The maximum atomic E-state index is 12.3. The molecule has 2 atom stereocenters. The van der Waals surface area contributed by atoms with E-state index in [-0.39, 0.29) is 17.9 Å². The SMILES string of the molecule is Cc1ccc(CCC2CCN(C(=O)C(C)C(C)N)CC2)cc1. The van der Waals surface area contributed by atoms with Crippen molar-refractivity contribution < 1.29 is 4.79 Å². The first-order valence-corrected chi connectivity index (χ1v) is 8.57. The standard InChI is InChI=1S/C19H30N2O/c1-14-4-6-17(7-5-14)8-9-18-10-12-21(13-11-18)19(22)15(2)16(3)20/h4-7,15-16,18H,8-13,20H2,1-3H3. The molecular weight excluding hydrogens is 272 g/mol.